The summed E-state index contributed by atoms with van der Waals surface area (Å²) in [6.07, 6.45) is 0. The maximum Gasteiger partial charge on any atom is 0.195 e. The van der Waals surface area contributed by atoms with E-state index in [2.05, 4.69) is 0 Å². The van der Waals surface area contributed by atoms with Crippen LogP contribution >= 0.6 is 0 Å². The number of fused-ring (bicyclic) bond motifs is 7. The summed E-state index contributed by atoms with van der Waals surface area (Å²) in [6.45, 7) is 0. The molecule has 0 aromatic heterocycles. The first-order valence-electron chi connectivity index (χ1n) is 9.20. The molecule has 0 atom stereocenters. The quantitative estimate of drug-likeness (QED) is 0.338. The van der Waals surface area contributed by atoms with Crippen LogP contribution in [0.2, 0.25) is 0 Å². The molecule has 2 aliphatic rings. The molecular formula is C25H6F2N4O. The van der Waals surface area contributed by atoms with Crippen molar-refractivity contribution in [2.45, 2.75) is 0 Å². The fourth-order valence-electron chi connectivity index (χ4n) is 4.40. The smallest absolute Gasteiger partial charge is 0.195 e. The van der Waals surface area contributed by atoms with Crippen LogP contribution in [-0.2, 0) is 0 Å². The molecule has 0 bridgehead atoms. The minimum absolute atomic E-state index is 0.0658. The van der Waals surface area contributed by atoms with Crippen molar-refractivity contribution in [3.05, 3.63) is 87.0 Å². The predicted molar refractivity (Wildman–Crippen MR) is 107 cm³/mol. The zero-order valence-electron chi connectivity index (χ0n) is 15.9. The molecule has 0 aliphatic heterocycles. The molecule has 7 heteroatoms. The lowest BCUT2D eigenvalue weighted by Crippen LogP contribution is -2.04. The number of carbonyl (C=O) groups is 1. The zero-order valence-corrected chi connectivity index (χ0v) is 15.9. The van der Waals surface area contributed by atoms with E-state index in [0.717, 1.165) is 0 Å². The van der Waals surface area contributed by atoms with Crippen LogP contribution < -0.4 is 0 Å². The van der Waals surface area contributed by atoms with Gasteiger partial charge in [0.15, 0.2) is 17.4 Å². The molecule has 0 amide bonds. The highest BCUT2D eigenvalue weighted by atomic mass is 19.2. The molecular weight excluding hydrogens is 410 g/mol. The third-order valence-corrected chi connectivity index (χ3v) is 5.68. The third-order valence-electron chi connectivity index (χ3n) is 5.68. The number of carbonyl (C=O) groups excluding carboxylic acids is 1. The SMILES string of the molecule is N#CC(C#N)=C1c2cc(C#N)ccc2-c2c1c(F)c(F)c1c2C(=O)c2cc(C#N)ccc2-1. The summed E-state index contributed by atoms with van der Waals surface area (Å²) in [5.74, 6) is -3.16. The molecule has 146 valence electrons. The first kappa shape index (κ1) is 18.9. The van der Waals surface area contributed by atoms with Crippen LogP contribution in [0.5, 0.6) is 0 Å². The molecule has 0 fully saturated rings. The molecule has 2 aliphatic carbocycles. The number of hydrogen-bond acceptors (Lipinski definition) is 5. The molecule has 3 aromatic rings. The molecule has 0 radical (unpaired) electrons. The van der Waals surface area contributed by atoms with Crippen LogP contribution in [0.3, 0.4) is 0 Å². The number of nitriles is 4. The number of allylic oxidation sites excluding steroid dienone is 1. The first-order chi connectivity index (χ1) is 15.5. The predicted octanol–water partition coefficient (Wildman–Crippen LogP) is 4.75. The summed E-state index contributed by atoms with van der Waals surface area (Å²) in [4.78, 5) is 13.3. The Morgan fingerprint density at radius 2 is 1.19 bits per heavy atom. The van der Waals surface area contributed by atoms with E-state index >= 15 is 8.78 Å². The van der Waals surface area contributed by atoms with Gasteiger partial charge in [-0.1, -0.05) is 12.1 Å². The maximum absolute atomic E-state index is 15.5. The Morgan fingerprint density at radius 1 is 0.656 bits per heavy atom. The Morgan fingerprint density at radius 3 is 1.75 bits per heavy atom. The van der Waals surface area contributed by atoms with Crippen molar-refractivity contribution in [1.29, 1.82) is 21.0 Å². The highest BCUT2D eigenvalue weighted by Gasteiger charge is 2.42. The molecule has 0 unspecified atom stereocenters. The van der Waals surface area contributed by atoms with E-state index < -0.39 is 23.0 Å². The van der Waals surface area contributed by atoms with Gasteiger partial charge in [-0.05, 0) is 41.0 Å². The highest BCUT2D eigenvalue weighted by molar-refractivity contribution is 6.27. The van der Waals surface area contributed by atoms with Crippen molar-refractivity contribution >= 4 is 11.4 Å². The molecule has 0 N–H and O–H groups in total. The average Bonchev–Trinajstić information content (AvgIpc) is 3.30. The van der Waals surface area contributed by atoms with E-state index in [1.54, 1.807) is 12.1 Å². The fraction of sp³-hybridized carbons (Fsp3) is 0. The lowest BCUT2D eigenvalue weighted by atomic mass is 9.92. The minimum Gasteiger partial charge on any atom is -0.289 e. The van der Waals surface area contributed by atoms with Crippen LogP contribution in [0.25, 0.3) is 27.8 Å². The topological polar surface area (TPSA) is 112 Å². The Labute approximate surface area is 179 Å². The van der Waals surface area contributed by atoms with E-state index in [4.69, 9.17) is 5.26 Å². The van der Waals surface area contributed by atoms with E-state index in [9.17, 15) is 20.6 Å². The number of halogens is 2. The normalized spacial score (nSPS) is 11.9. The molecule has 0 saturated heterocycles. The van der Waals surface area contributed by atoms with Crippen molar-refractivity contribution in [3.63, 3.8) is 0 Å². The van der Waals surface area contributed by atoms with Gasteiger partial charge in [0, 0.05) is 33.4 Å². The number of benzene rings is 3. The summed E-state index contributed by atoms with van der Waals surface area (Å²) in [5.41, 5.74) is -0.102. The second-order valence-corrected chi connectivity index (χ2v) is 7.18. The Balaban J connectivity index is 1.99. The summed E-state index contributed by atoms with van der Waals surface area (Å²) < 4.78 is 30.9. The highest BCUT2D eigenvalue weighted by Crippen LogP contribution is 2.54. The van der Waals surface area contributed by atoms with Gasteiger partial charge < -0.3 is 0 Å². The lowest BCUT2D eigenvalue weighted by Gasteiger charge is -2.11. The fourth-order valence-corrected chi connectivity index (χ4v) is 4.40. The van der Waals surface area contributed by atoms with Crippen molar-refractivity contribution in [1.82, 2.24) is 0 Å². The number of nitrogens with zero attached hydrogens (tertiary/aromatic N) is 4. The van der Waals surface area contributed by atoms with Crippen LogP contribution in [-0.4, -0.2) is 5.78 Å². The molecule has 32 heavy (non-hydrogen) atoms. The summed E-state index contributed by atoms with van der Waals surface area (Å²) >= 11 is 0. The van der Waals surface area contributed by atoms with Crippen LogP contribution in [0, 0.1) is 57.0 Å². The zero-order chi connectivity index (χ0) is 22.7. The van der Waals surface area contributed by atoms with Crippen LogP contribution in [0.1, 0.15) is 38.2 Å². The van der Waals surface area contributed by atoms with Crippen molar-refractivity contribution in [2.24, 2.45) is 0 Å². The second-order valence-electron chi connectivity index (χ2n) is 7.18. The van der Waals surface area contributed by atoms with E-state index in [0.29, 0.717) is 5.56 Å². The van der Waals surface area contributed by atoms with Gasteiger partial charge in [-0.15, -0.1) is 0 Å². The van der Waals surface area contributed by atoms with Gasteiger partial charge in [-0.25, -0.2) is 8.78 Å². The molecule has 5 rings (SSSR count). The molecule has 3 aromatic carbocycles. The molecule has 0 spiro atoms. The van der Waals surface area contributed by atoms with Crippen molar-refractivity contribution < 1.29 is 13.6 Å². The van der Waals surface area contributed by atoms with Crippen LogP contribution in [0.4, 0.5) is 8.78 Å². The van der Waals surface area contributed by atoms with Gasteiger partial charge in [0.2, 0.25) is 0 Å². The molecule has 0 saturated carbocycles. The Hall–Kier alpha value is -5.11. The van der Waals surface area contributed by atoms with Gasteiger partial charge >= 0.3 is 0 Å². The standard InChI is InChI=1S/C25H6F2N4O/c26-23-20-15-4-2-12(8-29)6-17(15)25(32)22(20)19-14-3-1-11(7-28)5-16(14)18(13(9-30)10-31)21(19)24(23)27/h1-6H. The van der Waals surface area contributed by atoms with Gasteiger partial charge in [-0.2, -0.15) is 21.0 Å². The summed E-state index contributed by atoms with van der Waals surface area (Å²) in [5, 5.41) is 37.4. The van der Waals surface area contributed by atoms with E-state index in [-0.39, 0.29) is 55.6 Å². The minimum atomic E-state index is -1.29. The first-order valence-corrected chi connectivity index (χ1v) is 9.20. The second kappa shape index (κ2) is 6.44. The van der Waals surface area contributed by atoms with E-state index in [1.165, 1.54) is 36.4 Å². The van der Waals surface area contributed by atoms with Crippen LogP contribution in [0.15, 0.2) is 42.0 Å². The maximum atomic E-state index is 15.5. The Bertz CT molecular complexity index is 1640. The Kier molecular flexibility index (Phi) is 3.80. The van der Waals surface area contributed by atoms with Gasteiger partial charge in [0.1, 0.15) is 17.7 Å². The van der Waals surface area contributed by atoms with Gasteiger partial charge in [-0.3, -0.25) is 4.79 Å². The molecule has 0 heterocycles. The van der Waals surface area contributed by atoms with Gasteiger partial charge in [0.25, 0.3) is 0 Å². The van der Waals surface area contributed by atoms with Crippen molar-refractivity contribution in [3.8, 4) is 46.5 Å². The summed E-state index contributed by atoms with van der Waals surface area (Å²) in [7, 11) is 0. The number of ketones is 1. The summed E-state index contributed by atoms with van der Waals surface area (Å²) in [6, 6.07) is 15.7. The average molecular weight is 416 g/mol. The van der Waals surface area contributed by atoms with Gasteiger partial charge in [0.05, 0.1) is 23.3 Å². The largest absolute Gasteiger partial charge is 0.289 e. The lowest BCUT2D eigenvalue weighted by molar-refractivity contribution is 0.104. The third kappa shape index (κ3) is 2.17. The monoisotopic (exact) mass is 416 g/mol. The number of rotatable bonds is 0. The molecule has 5 nitrogen and oxygen atoms in total. The number of hydrogen-bond donors (Lipinski definition) is 0. The van der Waals surface area contributed by atoms with Crippen molar-refractivity contribution in [2.75, 3.05) is 0 Å². The van der Waals surface area contributed by atoms with E-state index in [1.807, 2.05) is 12.1 Å².